The number of halogens is 1. The van der Waals surface area contributed by atoms with E-state index in [1.807, 2.05) is 0 Å². The molecule has 0 aliphatic rings. The van der Waals surface area contributed by atoms with Crippen molar-refractivity contribution in [1.29, 1.82) is 0 Å². The third kappa shape index (κ3) is 4.60. The number of Topliss-reactive ketones (excluding diaryl/α,β-unsaturated/α-hetero) is 1. The first-order valence-corrected chi connectivity index (χ1v) is 6.35. The zero-order valence-corrected chi connectivity index (χ0v) is 12.1. The second-order valence-electron chi connectivity index (χ2n) is 5.27. The van der Waals surface area contributed by atoms with Gasteiger partial charge in [-0.05, 0) is 33.8 Å². The Kier molecular flexibility index (Phi) is 5.19. The minimum Gasteiger partial charge on any atom is -0.444 e. The lowest BCUT2D eigenvalue weighted by atomic mass is 10.1. The van der Waals surface area contributed by atoms with Crippen LogP contribution in [0.25, 0.3) is 0 Å². The molecule has 0 N–H and O–H groups in total. The maximum atomic E-state index is 13.4. The zero-order chi connectivity index (χ0) is 15.3. The molecule has 0 saturated carbocycles. The molecule has 110 valence electrons. The van der Waals surface area contributed by atoms with Crippen LogP contribution >= 0.6 is 0 Å². The molecule has 0 bridgehead atoms. The first kappa shape index (κ1) is 16.1. The number of carbonyl (C=O) groups is 2. The average Bonchev–Trinajstić information content (AvgIpc) is 2.33. The van der Waals surface area contributed by atoms with Crippen LogP contribution in [0.15, 0.2) is 18.5 Å². The number of amides is 1. The minimum atomic E-state index is -0.697. The van der Waals surface area contributed by atoms with Crippen LogP contribution in [-0.4, -0.2) is 40.5 Å². The molecule has 1 rings (SSSR count). The van der Waals surface area contributed by atoms with E-state index in [0.29, 0.717) is 6.54 Å². The predicted molar refractivity (Wildman–Crippen MR) is 72.0 cm³/mol. The Morgan fingerprint density at radius 3 is 2.55 bits per heavy atom. The molecule has 0 aliphatic heterocycles. The second kappa shape index (κ2) is 6.45. The number of ketones is 1. The van der Waals surface area contributed by atoms with E-state index >= 15 is 0 Å². The van der Waals surface area contributed by atoms with E-state index in [0.717, 1.165) is 6.20 Å². The number of rotatable bonds is 4. The molecule has 1 aromatic rings. The molecule has 0 unspecified atom stereocenters. The summed E-state index contributed by atoms with van der Waals surface area (Å²) >= 11 is 0. The summed E-state index contributed by atoms with van der Waals surface area (Å²) in [5, 5.41) is 0. The van der Waals surface area contributed by atoms with Crippen molar-refractivity contribution in [2.75, 3.05) is 13.1 Å². The van der Waals surface area contributed by atoms with Gasteiger partial charge in [-0.2, -0.15) is 0 Å². The summed E-state index contributed by atoms with van der Waals surface area (Å²) in [6, 6.07) is 1.29. The second-order valence-corrected chi connectivity index (χ2v) is 5.27. The van der Waals surface area contributed by atoms with Crippen molar-refractivity contribution in [3.63, 3.8) is 0 Å². The molecule has 1 heterocycles. The predicted octanol–water partition coefficient (Wildman–Crippen LogP) is 2.66. The highest BCUT2D eigenvalue weighted by Crippen LogP contribution is 2.11. The quantitative estimate of drug-likeness (QED) is 0.797. The third-order valence-electron chi connectivity index (χ3n) is 2.44. The Balaban J connectivity index is 2.77. The van der Waals surface area contributed by atoms with Gasteiger partial charge in [0.1, 0.15) is 5.60 Å². The van der Waals surface area contributed by atoms with Crippen LogP contribution in [-0.2, 0) is 4.74 Å². The topological polar surface area (TPSA) is 59.5 Å². The zero-order valence-electron chi connectivity index (χ0n) is 12.1. The first-order chi connectivity index (χ1) is 9.24. The number of likely N-dealkylation sites (N-methyl/N-ethyl adjacent to an activating group) is 1. The fourth-order valence-corrected chi connectivity index (χ4v) is 1.49. The molecule has 0 fully saturated rings. The third-order valence-corrected chi connectivity index (χ3v) is 2.44. The van der Waals surface area contributed by atoms with Gasteiger partial charge in [0.05, 0.1) is 18.3 Å². The van der Waals surface area contributed by atoms with Gasteiger partial charge in [0.25, 0.3) is 0 Å². The monoisotopic (exact) mass is 282 g/mol. The van der Waals surface area contributed by atoms with Crippen molar-refractivity contribution in [1.82, 2.24) is 9.88 Å². The van der Waals surface area contributed by atoms with Crippen LogP contribution < -0.4 is 0 Å². The van der Waals surface area contributed by atoms with Crippen molar-refractivity contribution in [2.24, 2.45) is 0 Å². The molecule has 0 aromatic carbocycles. The normalized spacial score (nSPS) is 11.1. The number of aromatic nitrogens is 1. The van der Waals surface area contributed by atoms with E-state index in [2.05, 4.69) is 4.98 Å². The van der Waals surface area contributed by atoms with Crippen molar-refractivity contribution < 1.29 is 18.7 Å². The molecular formula is C14H19FN2O3. The smallest absolute Gasteiger partial charge is 0.410 e. The molecule has 5 nitrogen and oxygen atoms in total. The van der Waals surface area contributed by atoms with Crippen LogP contribution in [0, 0.1) is 5.82 Å². The SMILES string of the molecule is CCN(CC(=O)c1ccncc1F)C(=O)OC(C)(C)C. The summed E-state index contributed by atoms with van der Waals surface area (Å²) in [7, 11) is 0. The van der Waals surface area contributed by atoms with Crippen molar-refractivity contribution in [3.8, 4) is 0 Å². The van der Waals surface area contributed by atoms with Crippen molar-refractivity contribution >= 4 is 11.9 Å². The summed E-state index contributed by atoms with van der Waals surface area (Å²) in [5.41, 5.74) is -0.725. The van der Waals surface area contributed by atoms with Crippen LogP contribution in [0.1, 0.15) is 38.1 Å². The highest BCUT2D eigenvalue weighted by atomic mass is 19.1. The summed E-state index contributed by atoms with van der Waals surface area (Å²) in [6.45, 7) is 7.01. The Morgan fingerprint density at radius 2 is 2.05 bits per heavy atom. The highest BCUT2D eigenvalue weighted by Gasteiger charge is 2.24. The van der Waals surface area contributed by atoms with Crippen molar-refractivity contribution in [3.05, 3.63) is 29.8 Å². The fraction of sp³-hybridized carbons (Fsp3) is 0.500. The summed E-state index contributed by atoms with van der Waals surface area (Å²) in [4.78, 5) is 28.7. The Hall–Kier alpha value is -1.98. The van der Waals surface area contributed by atoms with E-state index < -0.39 is 23.3 Å². The van der Waals surface area contributed by atoms with Gasteiger partial charge in [0, 0.05) is 12.7 Å². The Labute approximate surface area is 117 Å². The number of ether oxygens (including phenoxy) is 1. The van der Waals surface area contributed by atoms with Crippen LogP contribution in [0.3, 0.4) is 0 Å². The van der Waals surface area contributed by atoms with Gasteiger partial charge in [-0.15, -0.1) is 0 Å². The summed E-state index contributed by atoms with van der Waals surface area (Å²) in [6.07, 6.45) is 1.71. The van der Waals surface area contributed by atoms with E-state index in [9.17, 15) is 14.0 Å². The lowest BCUT2D eigenvalue weighted by molar-refractivity contribution is 0.0257. The van der Waals surface area contributed by atoms with Gasteiger partial charge < -0.3 is 9.64 Å². The number of hydrogen-bond acceptors (Lipinski definition) is 4. The van der Waals surface area contributed by atoms with Gasteiger partial charge in [-0.25, -0.2) is 9.18 Å². The van der Waals surface area contributed by atoms with E-state index in [4.69, 9.17) is 4.74 Å². The maximum absolute atomic E-state index is 13.4. The number of pyridine rings is 1. The molecule has 0 atom stereocenters. The Bertz CT molecular complexity index is 497. The summed E-state index contributed by atoms with van der Waals surface area (Å²) < 4.78 is 18.6. The number of hydrogen-bond donors (Lipinski definition) is 0. The fourth-order valence-electron chi connectivity index (χ4n) is 1.49. The van der Waals surface area contributed by atoms with Gasteiger partial charge in [0.2, 0.25) is 0 Å². The molecule has 0 radical (unpaired) electrons. The number of nitrogens with zero attached hydrogens (tertiary/aromatic N) is 2. The van der Waals surface area contributed by atoms with Gasteiger partial charge in [-0.3, -0.25) is 9.78 Å². The molecule has 0 aliphatic carbocycles. The Morgan fingerprint density at radius 1 is 1.40 bits per heavy atom. The van der Waals surface area contributed by atoms with Crippen LogP contribution in [0.5, 0.6) is 0 Å². The molecule has 1 amide bonds. The molecule has 20 heavy (non-hydrogen) atoms. The molecule has 6 heteroatoms. The van der Waals surface area contributed by atoms with E-state index in [-0.39, 0.29) is 12.1 Å². The standard InChI is InChI=1S/C14H19FN2O3/c1-5-17(13(19)20-14(2,3)4)9-12(18)10-6-7-16-8-11(10)15/h6-8H,5,9H2,1-4H3. The minimum absolute atomic E-state index is 0.0815. The van der Waals surface area contributed by atoms with Crippen LogP contribution in [0.2, 0.25) is 0 Å². The molecule has 1 aromatic heterocycles. The first-order valence-electron chi connectivity index (χ1n) is 6.35. The number of carbonyl (C=O) groups excluding carboxylic acids is 2. The van der Waals surface area contributed by atoms with Gasteiger partial charge in [0.15, 0.2) is 11.6 Å². The van der Waals surface area contributed by atoms with Crippen molar-refractivity contribution in [2.45, 2.75) is 33.3 Å². The van der Waals surface area contributed by atoms with E-state index in [1.54, 1.807) is 27.7 Å². The molecule has 0 spiro atoms. The maximum Gasteiger partial charge on any atom is 0.410 e. The summed E-state index contributed by atoms with van der Waals surface area (Å²) in [5.74, 6) is -1.18. The van der Waals surface area contributed by atoms with Gasteiger partial charge >= 0.3 is 6.09 Å². The highest BCUT2D eigenvalue weighted by molar-refractivity contribution is 5.99. The molecule has 0 saturated heterocycles. The average molecular weight is 282 g/mol. The lowest BCUT2D eigenvalue weighted by Crippen LogP contribution is -2.39. The lowest BCUT2D eigenvalue weighted by Gasteiger charge is -2.26. The van der Waals surface area contributed by atoms with E-state index in [1.165, 1.54) is 17.2 Å². The molecular weight excluding hydrogens is 263 g/mol. The largest absolute Gasteiger partial charge is 0.444 e. The van der Waals surface area contributed by atoms with Crippen LogP contribution in [0.4, 0.5) is 9.18 Å². The van der Waals surface area contributed by atoms with Gasteiger partial charge in [-0.1, -0.05) is 0 Å².